The number of likely N-dealkylation sites (tertiary alicyclic amines) is 1. The molecule has 1 aliphatic rings. The predicted molar refractivity (Wildman–Crippen MR) is 121 cm³/mol. The van der Waals surface area contributed by atoms with Crippen LogP contribution < -0.4 is 14.2 Å². The van der Waals surface area contributed by atoms with Crippen LogP contribution in [-0.2, 0) is 10.0 Å². The fraction of sp³-hybridized carbons (Fsp3) is 0.286. The first-order chi connectivity index (χ1) is 15.4. The number of amides is 1. The van der Waals surface area contributed by atoms with Crippen molar-refractivity contribution in [2.24, 2.45) is 0 Å². The van der Waals surface area contributed by atoms with E-state index in [0.29, 0.717) is 29.6 Å². The predicted octanol–water partition coefficient (Wildman–Crippen LogP) is 3.26. The first-order valence-electron chi connectivity index (χ1n) is 9.89. The van der Waals surface area contributed by atoms with Crippen molar-refractivity contribution in [2.75, 3.05) is 32.0 Å². The van der Waals surface area contributed by atoms with Gasteiger partial charge < -0.3 is 14.4 Å². The molecule has 1 aromatic heterocycles. The molecule has 3 aromatic rings. The Bertz CT molecular complexity index is 1220. The minimum Gasteiger partial charge on any atom is -0.497 e. The molecule has 1 N–H and O–H groups in total. The molecule has 0 bridgehead atoms. The standard InChI is InChI=1S/C21H22N4O5S2/c1-29-15-7-5-14(6-8-15)19-22-23-21(31-19)24-32(27,28)16-9-10-18(30-2)17(13-16)20(26)25-11-3-4-12-25/h5-10,13H,3-4,11-12H2,1-2H3,(H,23,24). The number of ether oxygens (including phenoxy) is 2. The van der Waals surface area contributed by atoms with E-state index in [2.05, 4.69) is 14.9 Å². The van der Waals surface area contributed by atoms with Gasteiger partial charge in [-0.3, -0.25) is 9.52 Å². The second kappa shape index (κ2) is 9.13. The van der Waals surface area contributed by atoms with Gasteiger partial charge in [0, 0.05) is 18.7 Å². The van der Waals surface area contributed by atoms with E-state index in [1.807, 2.05) is 12.1 Å². The van der Waals surface area contributed by atoms with Gasteiger partial charge in [0.15, 0.2) is 0 Å². The molecule has 1 saturated heterocycles. The van der Waals surface area contributed by atoms with Crippen LogP contribution >= 0.6 is 11.3 Å². The van der Waals surface area contributed by atoms with E-state index >= 15 is 0 Å². The summed E-state index contributed by atoms with van der Waals surface area (Å²) in [6.07, 6.45) is 1.86. The van der Waals surface area contributed by atoms with E-state index in [4.69, 9.17) is 9.47 Å². The van der Waals surface area contributed by atoms with Crippen molar-refractivity contribution in [3.05, 3.63) is 48.0 Å². The molecule has 1 amide bonds. The summed E-state index contributed by atoms with van der Waals surface area (Å²) < 4.78 is 38.8. The lowest BCUT2D eigenvalue weighted by molar-refractivity contribution is 0.0789. The van der Waals surface area contributed by atoms with E-state index in [-0.39, 0.29) is 21.5 Å². The SMILES string of the molecule is COc1ccc(-c2nnc(NS(=O)(=O)c3ccc(OC)c(C(=O)N4CCCC4)c3)s2)cc1. The molecule has 1 aliphatic heterocycles. The Morgan fingerprint density at radius 1 is 1.03 bits per heavy atom. The average Bonchev–Trinajstić information content (AvgIpc) is 3.50. The first kappa shape index (κ1) is 22.0. The number of hydrogen-bond donors (Lipinski definition) is 1. The van der Waals surface area contributed by atoms with Gasteiger partial charge in [-0.2, -0.15) is 0 Å². The lowest BCUT2D eigenvalue weighted by atomic mass is 10.1. The van der Waals surface area contributed by atoms with Gasteiger partial charge in [-0.15, -0.1) is 10.2 Å². The minimum absolute atomic E-state index is 0.0537. The summed E-state index contributed by atoms with van der Waals surface area (Å²) in [7, 11) is -0.957. The molecule has 0 spiro atoms. The third-order valence-corrected chi connectivity index (χ3v) is 7.44. The molecular formula is C21H22N4O5S2. The lowest BCUT2D eigenvalue weighted by Gasteiger charge is -2.18. The zero-order chi connectivity index (χ0) is 22.7. The van der Waals surface area contributed by atoms with Crippen LogP contribution in [0, 0.1) is 0 Å². The number of nitrogens with zero attached hydrogens (tertiary/aromatic N) is 3. The Morgan fingerprint density at radius 2 is 1.75 bits per heavy atom. The van der Waals surface area contributed by atoms with Crippen LogP contribution in [0.5, 0.6) is 11.5 Å². The van der Waals surface area contributed by atoms with Crippen LogP contribution in [-0.4, -0.2) is 56.7 Å². The average molecular weight is 475 g/mol. The topological polar surface area (TPSA) is 111 Å². The lowest BCUT2D eigenvalue weighted by Crippen LogP contribution is -2.28. The maximum atomic E-state index is 13.0. The maximum Gasteiger partial charge on any atom is 0.263 e. The van der Waals surface area contributed by atoms with E-state index in [9.17, 15) is 13.2 Å². The van der Waals surface area contributed by atoms with Crippen molar-refractivity contribution in [3.8, 4) is 22.1 Å². The molecule has 2 aromatic carbocycles. The van der Waals surface area contributed by atoms with Crippen LogP contribution in [0.1, 0.15) is 23.2 Å². The van der Waals surface area contributed by atoms with Crippen LogP contribution in [0.25, 0.3) is 10.6 Å². The summed E-state index contributed by atoms with van der Waals surface area (Å²) in [6.45, 7) is 1.30. The second-order valence-corrected chi connectivity index (χ2v) is 9.77. The minimum atomic E-state index is -3.99. The number of carbonyl (C=O) groups is 1. The molecule has 9 nitrogen and oxygen atoms in total. The summed E-state index contributed by atoms with van der Waals surface area (Å²) in [4.78, 5) is 14.5. The van der Waals surface area contributed by atoms with Gasteiger partial charge in [0.05, 0.1) is 24.7 Å². The summed E-state index contributed by atoms with van der Waals surface area (Å²) in [5, 5.41) is 8.70. The molecule has 0 unspecified atom stereocenters. The number of rotatable bonds is 7. The molecule has 32 heavy (non-hydrogen) atoms. The number of aromatic nitrogens is 2. The molecule has 0 radical (unpaired) electrons. The Kier molecular flexibility index (Phi) is 6.28. The number of carbonyl (C=O) groups excluding carboxylic acids is 1. The van der Waals surface area contributed by atoms with Crippen molar-refractivity contribution < 1.29 is 22.7 Å². The molecule has 4 rings (SSSR count). The third-order valence-electron chi connectivity index (χ3n) is 5.09. The maximum absolute atomic E-state index is 13.0. The zero-order valence-electron chi connectivity index (χ0n) is 17.6. The Balaban J connectivity index is 1.57. The monoisotopic (exact) mass is 474 g/mol. The van der Waals surface area contributed by atoms with Crippen LogP contribution in [0.2, 0.25) is 0 Å². The largest absolute Gasteiger partial charge is 0.497 e. The van der Waals surface area contributed by atoms with E-state index in [1.54, 1.807) is 24.1 Å². The van der Waals surface area contributed by atoms with Crippen molar-refractivity contribution in [1.82, 2.24) is 15.1 Å². The summed E-state index contributed by atoms with van der Waals surface area (Å²) in [5.74, 6) is 0.797. The van der Waals surface area contributed by atoms with Gasteiger partial charge in [0.25, 0.3) is 15.9 Å². The number of nitrogens with one attached hydrogen (secondary N) is 1. The van der Waals surface area contributed by atoms with Gasteiger partial charge >= 0.3 is 0 Å². The van der Waals surface area contributed by atoms with Crippen molar-refractivity contribution in [2.45, 2.75) is 17.7 Å². The highest BCUT2D eigenvalue weighted by atomic mass is 32.2. The summed E-state index contributed by atoms with van der Waals surface area (Å²) >= 11 is 1.11. The zero-order valence-corrected chi connectivity index (χ0v) is 19.2. The van der Waals surface area contributed by atoms with Gasteiger partial charge in [0.1, 0.15) is 16.5 Å². The highest BCUT2D eigenvalue weighted by Crippen LogP contribution is 2.30. The third kappa shape index (κ3) is 4.53. The fourth-order valence-corrected chi connectivity index (χ4v) is 5.41. The Morgan fingerprint density at radius 3 is 2.41 bits per heavy atom. The molecule has 0 atom stereocenters. The number of hydrogen-bond acceptors (Lipinski definition) is 8. The van der Waals surface area contributed by atoms with E-state index in [1.165, 1.54) is 25.3 Å². The smallest absolute Gasteiger partial charge is 0.263 e. The number of methoxy groups -OCH3 is 2. The van der Waals surface area contributed by atoms with Gasteiger partial charge in [-0.05, 0) is 55.3 Å². The molecule has 0 aliphatic carbocycles. The highest BCUT2D eigenvalue weighted by Gasteiger charge is 2.26. The Labute approximate surface area is 190 Å². The molecule has 2 heterocycles. The quantitative estimate of drug-likeness (QED) is 0.559. The van der Waals surface area contributed by atoms with Gasteiger partial charge in [-0.25, -0.2) is 8.42 Å². The molecule has 11 heteroatoms. The molecular weight excluding hydrogens is 452 g/mol. The van der Waals surface area contributed by atoms with E-state index in [0.717, 1.165) is 29.7 Å². The summed E-state index contributed by atoms with van der Waals surface area (Å²) in [6, 6.07) is 11.4. The first-order valence-corrected chi connectivity index (χ1v) is 12.2. The van der Waals surface area contributed by atoms with E-state index < -0.39 is 10.0 Å². The normalized spacial score (nSPS) is 13.8. The van der Waals surface area contributed by atoms with Crippen molar-refractivity contribution in [3.63, 3.8) is 0 Å². The molecule has 1 fully saturated rings. The number of anilines is 1. The number of sulfonamides is 1. The van der Waals surface area contributed by atoms with Gasteiger partial charge in [-0.1, -0.05) is 11.3 Å². The number of benzene rings is 2. The van der Waals surface area contributed by atoms with Crippen LogP contribution in [0.4, 0.5) is 5.13 Å². The van der Waals surface area contributed by atoms with Crippen molar-refractivity contribution in [1.29, 1.82) is 0 Å². The van der Waals surface area contributed by atoms with Gasteiger partial charge in [0.2, 0.25) is 5.13 Å². The second-order valence-electron chi connectivity index (χ2n) is 7.11. The highest BCUT2D eigenvalue weighted by molar-refractivity contribution is 7.93. The van der Waals surface area contributed by atoms with Crippen LogP contribution in [0.3, 0.4) is 0 Å². The summed E-state index contributed by atoms with van der Waals surface area (Å²) in [5.41, 5.74) is 1.00. The fourth-order valence-electron chi connectivity index (χ4n) is 3.40. The molecule has 0 saturated carbocycles. The Hall–Kier alpha value is -3.18. The van der Waals surface area contributed by atoms with Crippen LogP contribution in [0.15, 0.2) is 47.4 Å². The van der Waals surface area contributed by atoms with Crippen molar-refractivity contribution >= 4 is 32.4 Å². The molecule has 168 valence electrons.